The molecule has 0 N–H and O–H groups in total. The van der Waals surface area contributed by atoms with E-state index in [-0.39, 0.29) is 0 Å². The molecule has 0 unspecified atom stereocenters. The van der Waals surface area contributed by atoms with Crippen LogP contribution in [0.15, 0.2) is 72.9 Å². The number of pyridine rings is 1. The largest absolute Gasteiger partial charge is 0.256 e. The van der Waals surface area contributed by atoms with Crippen LogP contribution in [0.25, 0.3) is 22.4 Å². The zero-order valence-electron chi connectivity index (χ0n) is 10.9. The van der Waals surface area contributed by atoms with Crippen LogP contribution in [-0.2, 0) is 0 Å². The lowest BCUT2D eigenvalue weighted by Gasteiger charge is -2.10. The van der Waals surface area contributed by atoms with Crippen molar-refractivity contribution in [1.82, 2.24) is 4.98 Å². The van der Waals surface area contributed by atoms with E-state index in [1.807, 2.05) is 18.3 Å². The van der Waals surface area contributed by atoms with Crippen molar-refractivity contribution in [3.8, 4) is 22.4 Å². The zero-order chi connectivity index (χ0) is 13.1. The Hall–Kier alpha value is -2.41. The number of aryl methyl sites for hydroxylation is 1. The summed E-state index contributed by atoms with van der Waals surface area (Å²) < 4.78 is 0. The number of hydrogen-bond acceptors (Lipinski definition) is 1. The number of nitrogens with zero attached hydrogens (tertiary/aromatic N) is 1. The first kappa shape index (κ1) is 11.7. The second-order valence-electron chi connectivity index (χ2n) is 4.58. The van der Waals surface area contributed by atoms with Gasteiger partial charge in [-0.1, -0.05) is 60.7 Å². The maximum absolute atomic E-state index is 4.59. The Bertz CT molecular complexity index is 687. The van der Waals surface area contributed by atoms with Crippen LogP contribution < -0.4 is 0 Å². The lowest BCUT2D eigenvalue weighted by molar-refractivity contribution is 1.31. The third kappa shape index (κ3) is 2.27. The van der Waals surface area contributed by atoms with Gasteiger partial charge in [-0.3, -0.25) is 4.98 Å². The second-order valence-corrected chi connectivity index (χ2v) is 4.58. The van der Waals surface area contributed by atoms with Gasteiger partial charge in [0.2, 0.25) is 0 Å². The highest BCUT2D eigenvalue weighted by atomic mass is 14.7. The van der Waals surface area contributed by atoms with Gasteiger partial charge in [-0.2, -0.15) is 0 Å². The van der Waals surface area contributed by atoms with Crippen LogP contribution >= 0.6 is 0 Å². The smallest absolute Gasteiger partial charge is 0.0782 e. The predicted octanol–water partition coefficient (Wildman–Crippen LogP) is 4.72. The molecule has 0 radical (unpaired) electrons. The van der Waals surface area contributed by atoms with Crippen LogP contribution in [0.2, 0.25) is 0 Å². The van der Waals surface area contributed by atoms with Crippen LogP contribution in [0, 0.1) is 6.92 Å². The number of hydrogen-bond donors (Lipinski definition) is 0. The molecule has 0 saturated heterocycles. The third-order valence-electron chi connectivity index (χ3n) is 3.29. The molecule has 0 spiro atoms. The molecule has 19 heavy (non-hydrogen) atoms. The highest BCUT2D eigenvalue weighted by molar-refractivity contribution is 5.81. The molecule has 0 fully saturated rings. The third-order valence-corrected chi connectivity index (χ3v) is 3.29. The fourth-order valence-electron chi connectivity index (χ4n) is 2.31. The second kappa shape index (κ2) is 5.07. The molecule has 0 bridgehead atoms. The minimum Gasteiger partial charge on any atom is -0.256 e. The highest BCUT2D eigenvalue weighted by Crippen LogP contribution is 2.31. The maximum atomic E-state index is 4.59. The predicted molar refractivity (Wildman–Crippen MR) is 79.8 cm³/mol. The van der Waals surface area contributed by atoms with Gasteiger partial charge in [-0.25, -0.2) is 0 Å². The molecule has 0 aliphatic carbocycles. The van der Waals surface area contributed by atoms with E-state index in [0.29, 0.717) is 0 Å². The first-order valence-electron chi connectivity index (χ1n) is 6.43. The molecule has 0 amide bonds. The van der Waals surface area contributed by atoms with Crippen molar-refractivity contribution in [2.75, 3.05) is 0 Å². The fraction of sp³-hybridized carbons (Fsp3) is 0.0556. The van der Waals surface area contributed by atoms with Gasteiger partial charge >= 0.3 is 0 Å². The van der Waals surface area contributed by atoms with Crippen LogP contribution in [0.1, 0.15) is 5.56 Å². The van der Waals surface area contributed by atoms with Gasteiger partial charge in [-0.05, 0) is 24.1 Å². The molecule has 1 aromatic heterocycles. The number of rotatable bonds is 2. The van der Waals surface area contributed by atoms with Crippen LogP contribution in [-0.4, -0.2) is 4.98 Å². The summed E-state index contributed by atoms with van der Waals surface area (Å²) in [6, 6.07) is 22.9. The molecule has 0 atom stereocenters. The molecule has 0 saturated carbocycles. The standard InChI is InChI=1S/C18H15N/c1-14-8-5-6-11-16(14)18-17(12-7-13-19-18)15-9-3-2-4-10-15/h2-13H,1H3. The van der Waals surface area contributed by atoms with Gasteiger partial charge in [0.1, 0.15) is 0 Å². The molecular formula is C18H15N. The molecule has 1 heterocycles. The van der Waals surface area contributed by atoms with E-state index < -0.39 is 0 Å². The van der Waals surface area contributed by atoms with Crippen LogP contribution in [0.5, 0.6) is 0 Å². The lowest BCUT2D eigenvalue weighted by Crippen LogP contribution is -1.90. The normalized spacial score (nSPS) is 10.4. The van der Waals surface area contributed by atoms with Crippen LogP contribution in [0.4, 0.5) is 0 Å². The highest BCUT2D eigenvalue weighted by Gasteiger charge is 2.09. The minimum absolute atomic E-state index is 1.05. The molecule has 2 aromatic carbocycles. The summed E-state index contributed by atoms with van der Waals surface area (Å²) in [5.41, 5.74) is 5.87. The molecule has 1 nitrogen and oxygen atoms in total. The molecule has 0 aliphatic rings. The first-order valence-corrected chi connectivity index (χ1v) is 6.43. The Morgan fingerprint density at radius 2 is 1.37 bits per heavy atom. The van der Waals surface area contributed by atoms with Gasteiger partial charge in [0.25, 0.3) is 0 Å². The maximum Gasteiger partial charge on any atom is 0.0782 e. The Kier molecular flexibility index (Phi) is 3.11. The first-order chi connectivity index (χ1) is 9.36. The zero-order valence-corrected chi connectivity index (χ0v) is 10.9. The topological polar surface area (TPSA) is 12.9 Å². The van der Waals surface area contributed by atoms with Crippen LogP contribution in [0.3, 0.4) is 0 Å². The summed E-state index contributed by atoms with van der Waals surface area (Å²) in [6.07, 6.45) is 1.86. The van der Waals surface area contributed by atoms with Gasteiger partial charge in [0.15, 0.2) is 0 Å². The monoisotopic (exact) mass is 245 g/mol. The van der Waals surface area contributed by atoms with Gasteiger partial charge < -0.3 is 0 Å². The summed E-state index contributed by atoms with van der Waals surface area (Å²) in [5, 5.41) is 0. The van der Waals surface area contributed by atoms with E-state index in [1.165, 1.54) is 22.3 Å². The molecular weight excluding hydrogens is 230 g/mol. The molecule has 92 valence electrons. The van der Waals surface area contributed by atoms with Crippen molar-refractivity contribution < 1.29 is 0 Å². The average Bonchev–Trinajstić information content (AvgIpc) is 2.49. The average molecular weight is 245 g/mol. The molecule has 3 rings (SSSR count). The van der Waals surface area contributed by atoms with E-state index in [1.54, 1.807) is 0 Å². The van der Waals surface area contributed by atoms with Gasteiger partial charge in [0, 0.05) is 17.3 Å². The summed E-state index contributed by atoms with van der Waals surface area (Å²) in [6.45, 7) is 2.12. The SMILES string of the molecule is Cc1ccccc1-c1ncccc1-c1ccccc1. The van der Waals surface area contributed by atoms with Gasteiger partial charge in [0.05, 0.1) is 5.69 Å². The van der Waals surface area contributed by atoms with Crippen molar-refractivity contribution in [2.45, 2.75) is 6.92 Å². The minimum atomic E-state index is 1.05. The van der Waals surface area contributed by atoms with Crippen molar-refractivity contribution in [1.29, 1.82) is 0 Å². The summed E-state index contributed by atoms with van der Waals surface area (Å²) >= 11 is 0. The van der Waals surface area contributed by atoms with Crippen molar-refractivity contribution >= 4 is 0 Å². The summed E-state index contributed by atoms with van der Waals surface area (Å²) in [5.74, 6) is 0. The van der Waals surface area contributed by atoms with E-state index in [9.17, 15) is 0 Å². The fourth-order valence-corrected chi connectivity index (χ4v) is 2.31. The quantitative estimate of drug-likeness (QED) is 0.636. The van der Waals surface area contributed by atoms with E-state index >= 15 is 0 Å². The number of benzene rings is 2. The Balaban J connectivity index is 2.21. The van der Waals surface area contributed by atoms with E-state index in [2.05, 4.69) is 66.5 Å². The lowest BCUT2D eigenvalue weighted by atomic mass is 9.97. The summed E-state index contributed by atoms with van der Waals surface area (Å²) in [7, 11) is 0. The van der Waals surface area contributed by atoms with E-state index in [4.69, 9.17) is 0 Å². The Labute approximate surface area is 113 Å². The van der Waals surface area contributed by atoms with Gasteiger partial charge in [-0.15, -0.1) is 0 Å². The van der Waals surface area contributed by atoms with E-state index in [0.717, 1.165) is 5.69 Å². The molecule has 3 aromatic rings. The van der Waals surface area contributed by atoms with Crippen molar-refractivity contribution in [3.63, 3.8) is 0 Å². The Morgan fingerprint density at radius 1 is 0.684 bits per heavy atom. The summed E-state index contributed by atoms with van der Waals surface area (Å²) in [4.78, 5) is 4.59. The number of aromatic nitrogens is 1. The molecule has 0 aliphatic heterocycles. The van der Waals surface area contributed by atoms with Crippen molar-refractivity contribution in [2.24, 2.45) is 0 Å². The van der Waals surface area contributed by atoms with Crippen molar-refractivity contribution in [3.05, 3.63) is 78.5 Å². The Morgan fingerprint density at radius 3 is 2.16 bits per heavy atom. The molecule has 1 heteroatoms.